The molecule has 0 amide bonds. The van der Waals surface area contributed by atoms with Crippen LogP contribution < -0.4 is 71.7 Å². The Kier molecular flexibility index (Phi) is 53.6. The molecule has 0 aromatic heterocycles. The average Bonchev–Trinajstić information content (AvgIpc) is 2.04. The van der Waals surface area contributed by atoms with E-state index in [0.29, 0.717) is 0 Å². The largest absolute Gasteiger partial charge is 1.00 e. The summed E-state index contributed by atoms with van der Waals surface area (Å²) < 4.78 is 23.3. The summed E-state index contributed by atoms with van der Waals surface area (Å²) >= 11 is -3.61. The minimum atomic E-state index is -3.61. The summed E-state index contributed by atoms with van der Waals surface area (Å²) in [5.41, 5.74) is 4.57. The number of hydrogen-bond acceptors (Lipinski definition) is 6. The number of hydrogen-bond donors (Lipinski definition) is 4. The van der Waals surface area contributed by atoms with Gasteiger partial charge in [-0.3, -0.25) is 9.59 Å². The number of nitrogens with two attached hydrogens (primary N) is 1. The van der Waals surface area contributed by atoms with Crippen molar-refractivity contribution in [3.05, 3.63) is 0 Å². The van der Waals surface area contributed by atoms with E-state index in [1.807, 2.05) is 0 Å². The van der Waals surface area contributed by atoms with Crippen LogP contribution in [0.1, 0.15) is 6.92 Å². The van der Waals surface area contributed by atoms with Crippen molar-refractivity contribution in [1.82, 2.24) is 0 Å². The molecule has 0 saturated carbocycles. The van der Waals surface area contributed by atoms with Crippen LogP contribution in [-0.2, 0) is 17.5 Å². The van der Waals surface area contributed by atoms with E-state index in [0.717, 1.165) is 6.92 Å². The zero-order valence-electron chi connectivity index (χ0n) is 9.95. The number of rotatable bonds is 2. The standard InChI is InChI=1S/C3H4O3.C2H5NO2.ClH.Li.Na.H2O3Te/c1-2(4)3(5)6;3-1-2(4)5;;;;1-4(2)3/h1H3,(H,5,6);1,3H2,(H,4,5);1H;;;(H2,1,2,3)/q;;;2*+1;/p-2. The molecule has 0 aliphatic heterocycles. The predicted octanol–water partition coefficient (Wildman–Crippen LogP) is -13.2. The van der Waals surface area contributed by atoms with Gasteiger partial charge in [0.05, 0.1) is 6.54 Å². The van der Waals surface area contributed by atoms with Gasteiger partial charge in [-0.25, -0.2) is 0 Å². The van der Waals surface area contributed by atoms with Gasteiger partial charge in [0, 0.05) is 6.92 Å². The summed E-state index contributed by atoms with van der Waals surface area (Å²) in [6.07, 6.45) is 0. The molecule has 0 saturated heterocycles. The first-order valence-electron chi connectivity index (χ1n) is 3.08. The Morgan fingerprint density at radius 2 is 1.39 bits per heavy atom. The molecule has 0 bridgehead atoms. The molecule has 18 heavy (non-hydrogen) atoms. The summed E-state index contributed by atoms with van der Waals surface area (Å²) in [5, 5.41) is 16.8. The second-order valence-corrected chi connectivity index (χ2v) is 2.99. The molecule has 5 N–H and O–H groups in total. The van der Waals surface area contributed by atoms with Crippen LogP contribution in [-0.4, -0.2) is 56.7 Å². The third-order valence-corrected chi connectivity index (χ3v) is 0.462. The van der Waals surface area contributed by atoms with E-state index in [1.165, 1.54) is 0 Å². The molecule has 0 atom stereocenters. The van der Waals surface area contributed by atoms with Gasteiger partial charge in [-0.05, 0) is 0 Å². The van der Waals surface area contributed by atoms with Crippen LogP contribution >= 0.6 is 0 Å². The zero-order valence-corrected chi connectivity index (χ0v) is 15.0. The van der Waals surface area contributed by atoms with Gasteiger partial charge in [-0.2, -0.15) is 0 Å². The van der Waals surface area contributed by atoms with Gasteiger partial charge in [0.2, 0.25) is 0 Å². The Bertz CT molecular complexity index is 240. The number of Topliss-reactive ketones (excluding diaryl/α,β-unsaturated/α-hetero) is 1. The summed E-state index contributed by atoms with van der Waals surface area (Å²) in [6.45, 7) is 0.662. The Morgan fingerprint density at radius 3 is 1.39 bits per heavy atom. The maximum absolute atomic E-state index is 9.48. The van der Waals surface area contributed by atoms with E-state index in [4.69, 9.17) is 15.2 Å². The van der Waals surface area contributed by atoms with Crippen molar-refractivity contribution in [2.45, 2.75) is 6.92 Å². The summed E-state index contributed by atoms with van der Waals surface area (Å²) in [5.74, 6) is -3.53. The molecule has 0 heterocycles. The van der Waals surface area contributed by atoms with Crippen LogP contribution in [0.4, 0.5) is 0 Å². The van der Waals surface area contributed by atoms with E-state index >= 15 is 0 Å². The van der Waals surface area contributed by atoms with Gasteiger partial charge < -0.3 is 33.1 Å². The molecule has 0 radical (unpaired) electrons. The van der Waals surface area contributed by atoms with Crippen molar-refractivity contribution in [1.29, 1.82) is 0 Å². The fourth-order valence-corrected chi connectivity index (χ4v) is 0. The van der Waals surface area contributed by atoms with Gasteiger partial charge in [-0.1, -0.05) is 0 Å². The SMILES string of the molecule is CC(=O)C(=O)[O-].NCC(=O)O.O=[Te](O)O.[Cl-].[Li+].[Na+]. The van der Waals surface area contributed by atoms with Gasteiger partial charge in [0.25, 0.3) is 0 Å². The number of halogens is 1. The second kappa shape index (κ2) is 26.5. The number of ketones is 1. The smallest absolute Gasteiger partial charge is 1.00 e. The number of aliphatic carboxylic acids is 2. The summed E-state index contributed by atoms with van der Waals surface area (Å²) in [7, 11) is 0. The van der Waals surface area contributed by atoms with Crippen LogP contribution in [0.3, 0.4) is 0 Å². The molecule has 0 aliphatic carbocycles. The molecule has 98 valence electrons. The quantitative estimate of drug-likeness (QED) is 0.256. The van der Waals surface area contributed by atoms with Crippen LogP contribution in [0.2, 0.25) is 0 Å². The number of carbonyl (C=O) groups is 3. The first kappa shape index (κ1) is 36.4. The molecule has 0 aromatic rings. The topological polar surface area (TPSA) is 178 Å². The van der Waals surface area contributed by atoms with Crippen molar-refractivity contribution in [2.24, 2.45) is 5.73 Å². The first-order chi connectivity index (χ1) is 6.64. The number of carboxylic acids is 2. The Labute approximate surface area is 151 Å². The predicted molar refractivity (Wildman–Crippen MR) is 43.3 cm³/mol. The monoisotopic (exact) mass is 407 g/mol. The molecule has 0 spiro atoms. The van der Waals surface area contributed by atoms with Gasteiger partial charge in [0.15, 0.2) is 5.78 Å². The van der Waals surface area contributed by atoms with E-state index in [1.54, 1.807) is 0 Å². The number of carboxylic acid groups (broad SMARTS) is 2. The van der Waals surface area contributed by atoms with E-state index in [2.05, 4.69) is 5.73 Å². The fraction of sp³-hybridized carbons (Fsp3) is 0.400. The maximum atomic E-state index is 9.48. The average molecular weight is 405 g/mol. The Balaban J connectivity index is -0.0000000282. The fourth-order valence-electron chi connectivity index (χ4n) is 0. The molecule has 0 aliphatic rings. The van der Waals surface area contributed by atoms with Crippen molar-refractivity contribution in [3.8, 4) is 0 Å². The van der Waals surface area contributed by atoms with Crippen LogP contribution in [0.5, 0.6) is 0 Å². The Hall–Kier alpha value is 0.967. The zero-order chi connectivity index (χ0) is 13.0. The summed E-state index contributed by atoms with van der Waals surface area (Å²) in [4.78, 5) is 28.0. The van der Waals surface area contributed by atoms with E-state index in [-0.39, 0.29) is 67.4 Å². The van der Waals surface area contributed by atoms with Crippen molar-refractivity contribution in [2.75, 3.05) is 6.54 Å². The maximum Gasteiger partial charge on any atom is 1.00 e. The number of carbonyl (C=O) groups excluding carboxylic acids is 2. The minimum absolute atomic E-state index is 0. The molecular formula is C5H10ClLiNNaO8Te. The molecule has 9 nitrogen and oxygen atoms in total. The van der Waals surface area contributed by atoms with Crippen LogP contribution in [0, 0.1) is 0 Å². The van der Waals surface area contributed by atoms with E-state index in [9.17, 15) is 19.5 Å². The van der Waals surface area contributed by atoms with Gasteiger partial charge >= 0.3 is 84.8 Å². The van der Waals surface area contributed by atoms with Crippen molar-refractivity contribution in [3.63, 3.8) is 0 Å². The molecule has 0 aromatic carbocycles. The minimum Gasteiger partial charge on any atom is -1.00 e. The normalized spacial score (nSPS) is 6.50. The first-order valence-corrected chi connectivity index (χ1v) is 6.12. The summed E-state index contributed by atoms with van der Waals surface area (Å²) in [6, 6.07) is 0. The third-order valence-electron chi connectivity index (χ3n) is 0.462. The van der Waals surface area contributed by atoms with Crippen LogP contribution in [0.25, 0.3) is 0 Å². The molecule has 0 rings (SSSR count). The Morgan fingerprint density at radius 1 is 1.28 bits per heavy atom. The van der Waals surface area contributed by atoms with Crippen LogP contribution in [0.15, 0.2) is 0 Å². The molecule has 13 heteroatoms. The third kappa shape index (κ3) is 89.1. The van der Waals surface area contributed by atoms with E-state index < -0.39 is 38.1 Å². The molecule has 0 unspecified atom stereocenters. The second-order valence-electron chi connectivity index (χ2n) is 1.67. The molecular weight excluding hydrogens is 395 g/mol. The van der Waals surface area contributed by atoms with Gasteiger partial charge in [-0.15, -0.1) is 0 Å². The van der Waals surface area contributed by atoms with Crippen molar-refractivity contribution < 1.29 is 95.5 Å². The molecule has 0 fully saturated rings. The van der Waals surface area contributed by atoms with Gasteiger partial charge in [0.1, 0.15) is 5.97 Å². The van der Waals surface area contributed by atoms with Crippen molar-refractivity contribution >= 4 is 38.1 Å².